The molecule has 0 N–H and O–H groups in total. The molecule has 0 saturated carbocycles. The number of hydrogen-bond donors (Lipinski definition) is 0. The highest BCUT2D eigenvalue weighted by Crippen LogP contribution is 2.45. The number of piperidine rings is 1. The zero-order chi connectivity index (χ0) is 31.8. The number of aromatic nitrogens is 2. The first kappa shape index (κ1) is 31.8. The van der Waals surface area contributed by atoms with Crippen molar-refractivity contribution in [2.24, 2.45) is 12.5 Å². The first-order chi connectivity index (χ1) is 21.0. The van der Waals surface area contributed by atoms with E-state index in [2.05, 4.69) is 5.10 Å². The number of amides is 2. The van der Waals surface area contributed by atoms with Crippen LogP contribution in [0.1, 0.15) is 59.7 Å². The number of aryl methyl sites for hydroxylation is 2. The SMILES string of the molecule is CCOC(=O)C1CC2(CCN(C(=O)c3c(Cl)c(CC)nn3C)CC2)CN1C(=O)c1ccc(-c2cc(F)ccc2OC)cc1Cl. The van der Waals surface area contributed by atoms with Crippen molar-refractivity contribution in [3.05, 3.63) is 69.2 Å². The van der Waals surface area contributed by atoms with Crippen LogP contribution in [-0.2, 0) is 23.0 Å². The predicted molar refractivity (Wildman–Crippen MR) is 165 cm³/mol. The summed E-state index contributed by atoms with van der Waals surface area (Å²) >= 11 is 13.1. The smallest absolute Gasteiger partial charge is 0.328 e. The molecule has 234 valence electrons. The number of rotatable bonds is 7. The highest BCUT2D eigenvalue weighted by molar-refractivity contribution is 6.34. The van der Waals surface area contributed by atoms with Crippen LogP contribution >= 0.6 is 23.2 Å². The number of carbonyl (C=O) groups is 3. The van der Waals surface area contributed by atoms with E-state index in [1.54, 1.807) is 42.0 Å². The molecule has 1 atom stereocenters. The maximum Gasteiger partial charge on any atom is 0.328 e. The van der Waals surface area contributed by atoms with E-state index in [-0.39, 0.29) is 28.5 Å². The van der Waals surface area contributed by atoms with Gasteiger partial charge in [0.05, 0.1) is 35.0 Å². The Bertz CT molecular complexity index is 1600. The van der Waals surface area contributed by atoms with Gasteiger partial charge in [-0.3, -0.25) is 14.3 Å². The van der Waals surface area contributed by atoms with Crippen molar-refractivity contribution >= 4 is 41.0 Å². The van der Waals surface area contributed by atoms with Crippen molar-refractivity contribution in [2.75, 3.05) is 33.4 Å². The van der Waals surface area contributed by atoms with Gasteiger partial charge in [0.2, 0.25) is 0 Å². The normalized spacial score (nSPS) is 17.7. The van der Waals surface area contributed by atoms with Crippen molar-refractivity contribution in [1.82, 2.24) is 19.6 Å². The lowest BCUT2D eigenvalue weighted by atomic mass is 9.76. The largest absolute Gasteiger partial charge is 0.496 e. The maximum atomic E-state index is 14.0. The maximum absolute atomic E-state index is 14.0. The third kappa shape index (κ3) is 5.89. The fourth-order valence-corrected chi connectivity index (χ4v) is 6.98. The van der Waals surface area contributed by atoms with Crippen LogP contribution in [0.2, 0.25) is 10.0 Å². The molecule has 2 aromatic carbocycles. The lowest BCUT2D eigenvalue weighted by Gasteiger charge is -2.39. The zero-order valence-corrected chi connectivity index (χ0v) is 26.7. The van der Waals surface area contributed by atoms with Gasteiger partial charge < -0.3 is 19.3 Å². The van der Waals surface area contributed by atoms with E-state index in [1.807, 2.05) is 6.92 Å². The second-order valence-corrected chi connectivity index (χ2v) is 12.1. The summed E-state index contributed by atoms with van der Waals surface area (Å²) < 4.78 is 26.3. The van der Waals surface area contributed by atoms with E-state index in [1.165, 1.54) is 30.0 Å². The average Bonchev–Trinajstić information content (AvgIpc) is 3.53. The molecular formula is C32H35Cl2FN4O5. The second kappa shape index (κ2) is 12.8. The van der Waals surface area contributed by atoms with Crippen LogP contribution in [-0.4, -0.2) is 76.8 Å². The Kier molecular flexibility index (Phi) is 9.23. The third-order valence-corrected chi connectivity index (χ3v) is 9.41. The summed E-state index contributed by atoms with van der Waals surface area (Å²) in [7, 11) is 3.20. The van der Waals surface area contributed by atoms with Gasteiger partial charge in [0.25, 0.3) is 11.8 Å². The van der Waals surface area contributed by atoms with Crippen molar-refractivity contribution in [3.8, 4) is 16.9 Å². The van der Waals surface area contributed by atoms with E-state index in [0.29, 0.717) is 78.6 Å². The molecule has 0 radical (unpaired) electrons. The molecule has 2 amide bonds. The Morgan fingerprint density at radius 1 is 1.07 bits per heavy atom. The standard InChI is InChI=1S/C32H35Cl2FN4O5/c1-5-24-27(34)28(37(3)36-24)30(41)38-13-11-32(12-14-38)17-25(31(42)44-6-2)39(18-32)29(40)21-9-7-19(15-23(21)33)22-16-20(35)8-10-26(22)43-4/h7-10,15-16,25H,5-6,11-14,17-18H2,1-4H3. The molecule has 2 fully saturated rings. The zero-order valence-electron chi connectivity index (χ0n) is 25.2. The fourth-order valence-electron chi connectivity index (χ4n) is 6.34. The molecule has 1 unspecified atom stereocenters. The Hall–Kier alpha value is -3.63. The van der Waals surface area contributed by atoms with Gasteiger partial charge >= 0.3 is 5.97 Å². The number of benzene rings is 2. The summed E-state index contributed by atoms with van der Waals surface area (Å²) in [6, 6.07) is 8.24. The van der Waals surface area contributed by atoms with Crippen molar-refractivity contribution in [1.29, 1.82) is 0 Å². The molecule has 3 heterocycles. The quantitative estimate of drug-likeness (QED) is 0.302. The van der Waals surface area contributed by atoms with E-state index in [9.17, 15) is 18.8 Å². The summed E-state index contributed by atoms with van der Waals surface area (Å²) in [5, 5.41) is 4.91. The van der Waals surface area contributed by atoms with Crippen LogP contribution in [0.15, 0.2) is 36.4 Å². The van der Waals surface area contributed by atoms with E-state index < -0.39 is 23.7 Å². The minimum atomic E-state index is -0.789. The average molecular weight is 646 g/mol. The summed E-state index contributed by atoms with van der Waals surface area (Å²) in [5.41, 5.74) is 1.96. The summed E-state index contributed by atoms with van der Waals surface area (Å²) in [4.78, 5) is 43.8. The third-order valence-electron chi connectivity index (χ3n) is 8.70. The fraction of sp³-hybridized carbons (Fsp3) is 0.438. The highest BCUT2D eigenvalue weighted by Gasteiger charge is 2.51. The van der Waals surface area contributed by atoms with Gasteiger partial charge in [0.1, 0.15) is 23.3 Å². The van der Waals surface area contributed by atoms with Gasteiger partial charge in [-0.05, 0) is 73.9 Å². The Labute approximate surface area is 265 Å². The molecule has 12 heteroatoms. The van der Waals surface area contributed by atoms with Crippen LogP contribution in [0.25, 0.3) is 11.1 Å². The van der Waals surface area contributed by atoms with Crippen molar-refractivity contribution in [2.45, 2.75) is 45.6 Å². The van der Waals surface area contributed by atoms with Crippen LogP contribution in [0.3, 0.4) is 0 Å². The number of likely N-dealkylation sites (tertiary alicyclic amines) is 2. The first-order valence-corrected chi connectivity index (χ1v) is 15.4. The molecule has 5 rings (SSSR count). The van der Waals surface area contributed by atoms with Gasteiger partial charge in [0, 0.05) is 32.2 Å². The van der Waals surface area contributed by atoms with Gasteiger partial charge in [-0.1, -0.05) is 36.2 Å². The van der Waals surface area contributed by atoms with Crippen molar-refractivity contribution < 1.29 is 28.2 Å². The summed E-state index contributed by atoms with van der Waals surface area (Å²) in [6.45, 7) is 5.06. The molecule has 44 heavy (non-hydrogen) atoms. The van der Waals surface area contributed by atoms with Gasteiger partial charge in [0.15, 0.2) is 0 Å². The second-order valence-electron chi connectivity index (χ2n) is 11.3. The van der Waals surface area contributed by atoms with Crippen LogP contribution < -0.4 is 4.74 Å². The topological polar surface area (TPSA) is 94.0 Å². The van der Waals surface area contributed by atoms with Gasteiger partial charge in [-0.2, -0.15) is 5.10 Å². The summed E-state index contributed by atoms with van der Waals surface area (Å²) in [5.74, 6) is -1.02. The minimum absolute atomic E-state index is 0.169. The number of hydrogen-bond acceptors (Lipinski definition) is 6. The molecule has 2 aliphatic rings. The van der Waals surface area contributed by atoms with Crippen LogP contribution in [0.5, 0.6) is 5.75 Å². The molecule has 0 aliphatic carbocycles. The minimum Gasteiger partial charge on any atom is -0.496 e. The van der Waals surface area contributed by atoms with Gasteiger partial charge in [-0.15, -0.1) is 0 Å². The highest BCUT2D eigenvalue weighted by atomic mass is 35.5. The molecule has 0 bridgehead atoms. The molecule has 9 nitrogen and oxygen atoms in total. The van der Waals surface area contributed by atoms with Crippen LogP contribution in [0, 0.1) is 11.2 Å². The van der Waals surface area contributed by atoms with Crippen LogP contribution in [0.4, 0.5) is 4.39 Å². The monoisotopic (exact) mass is 644 g/mol. The Morgan fingerprint density at radius 2 is 1.80 bits per heavy atom. The number of halogens is 3. The summed E-state index contributed by atoms with van der Waals surface area (Å²) in [6.07, 6.45) is 2.23. The number of methoxy groups -OCH3 is 1. The molecule has 2 saturated heterocycles. The number of carbonyl (C=O) groups excluding carboxylic acids is 3. The molecule has 3 aromatic rings. The van der Waals surface area contributed by atoms with E-state index in [4.69, 9.17) is 32.7 Å². The molecule has 1 spiro atoms. The number of ether oxygens (including phenoxy) is 2. The molecular weight excluding hydrogens is 610 g/mol. The Morgan fingerprint density at radius 3 is 2.41 bits per heavy atom. The van der Waals surface area contributed by atoms with Crippen molar-refractivity contribution in [3.63, 3.8) is 0 Å². The van der Waals surface area contributed by atoms with E-state index >= 15 is 0 Å². The number of nitrogens with zero attached hydrogens (tertiary/aromatic N) is 4. The number of esters is 1. The predicted octanol–water partition coefficient (Wildman–Crippen LogP) is 5.80. The van der Waals surface area contributed by atoms with Gasteiger partial charge in [-0.25, -0.2) is 9.18 Å². The molecule has 2 aliphatic heterocycles. The Balaban J connectivity index is 1.37. The molecule has 1 aromatic heterocycles. The van der Waals surface area contributed by atoms with E-state index in [0.717, 1.165) is 0 Å². The lowest BCUT2D eigenvalue weighted by molar-refractivity contribution is -0.147. The first-order valence-electron chi connectivity index (χ1n) is 14.6. The lowest BCUT2D eigenvalue weighted by Crippen LogP contribution is -2.45.